The number of carboxylic acid groups (broad SMARTS) is 1. The van der Waals surface area contributed by atoms with Gasteiger partial charge in [-0.2, -0.15) is 0 Å². The second-order valence-corrected chi connectivity index (χ2v) is 5.99. The molecule has 2 fully saturated rings. The number of carbonyl (C=O) groups excluding carboxylic acids is 1. The molecule has 6 nitrogen and oxygen atoms in total. The van der Waals surface area contributed by atoms with E-state index in [-0.39, 0.29) is 24.5 Å². The summed E-state index contributed by atoms with van der Waals surface area (Å²) in [5.74, 6) is 0.193. The van der Waals surface area contributed by atoms with Crippen LogP contribution in [0, 0.1) is 11.8 Å². The highest BCUT2D eigenvalue weighted by molar-refractivity contribution is 5.76. The van der Waals surface area contributed by atoms with E-state index in [1.54, 1.807) is 4.90 Å². The lowest BCUT2D eigenvalue weighted by molar-refractivity contribution is -0.139. The minimum atomic E-state index is -0.902. The van der Waals surface area contributed by atoms with Crippen LogP contribution in [0.25, 0.3) is 0 Å². The Morgan fingerprint density at radius 2 is 2.10 bits per heavy atom. The highest BCUT2D eigenvalue weighted by Gasteiger charge is 2.34. The maximum Gasteiger partial charge on any atom is 0.318 e. The zero-order valence-electron chi connectivity index (χ0n) is 12.2. The summed E-state index contributed by atoms with van der Waals surface area (Å²) >= 11 is 0. The second kappa shape index (κ2) is 6.43. The molecule has 2 rings (SSSR count). The van der Waals surface area contributed by atoms with Crippen molar-refractivity contribution in [2.45, 2.75) is 45.2 Å². The summed E-state index contributed by atoms with van der Waals surface area (Å²) in [6, 6.07) is -0.313. The van der Waals surface area contributed by atoms with Gasteiger partial charge in [0.1, 0.15) is 0 Å². The monoisotopic (exact) mass is 284 g/mol. The zero-order valence-corrected chi connectivity index (χ0v) is 12.2. The topological polar surface area (TPSA) is 78.9 Å². The second-order valence-electron chi connectivity index (χ2n) is 5.99. The molecule has 1 aliphatic heterocycles. The Balaban J connectivity index is 1.94. The summed E-state index contributed by atoms with van der Waals surface area (Å²) in [6.07, 6.45) is 2.07. The summed E-state index contributed by atoms with van der Waals surface area (Å²) in [6.45, 7) is 5.60. The van der Waals surface area contributed by atoms with Gasteiger partial charge in [0.15, 0.2) is 0 Å². The van der Waals surface area contributed by atoms with Gasteiger partial charge in [0.05, 0.1) is 25.7 Å². The molecule has 0 aromatic heterocycles. The van der Waals surface area contributed by atoms with E-state index in [1.165, 1.54) is 0 Å². The van der Waals surface area contributed by atoms with E-state index in [0.717, 1.165) is 12.8 Å². The molecule has 1 heterocycles. The molecule has 4 atom stereocenters. The van der Waals surface area contributed by atoms with Crippen LogP contribution in [0.5, 0.6) is 0 Å². The van der Waals surface area contributed by atoms with Crippen molar-refractivity contribution in [3.8, 4) is 0 Å². The van der Waals surface area contributed by atoms with Gasteiger partial charge in [0.25, 0.3) is 0 Å². The van der Waals surface area contributed by atoms with Gasteiger partial charge in [-0.15, -0.1) is 0 Å². The minimum absolute atomic E-state index is 0.0654. The van der Waals surface area contributed by atoms with Gasteiger partial charge in [-0.1, -0.05) is 13.8 Å². The summed E-state index contributed by atoms with van der Waals surface area (Å²) in [5, 5.41) is 12.0. The number of hydrogen-bond donors (Lipinski definition) is 2. The van der Waals surface area contributed by atoms with Crippen LogP contribution in [0.1, 0.15) is 33.1 Å². The number of aliphatic carboxylic acids is 1. The van der Waals surface area contributed by atoms with Crippen molar-refractivity contribution >= 4 is 12.0 Å². The van der Waals surface area contributed by atoms with Gasteiger partial charge in [-0.3, -0.25) is 4.79 Å². The standard InChI is InChI=1S/C14H24N2O4/c1-9-3-4-12(10(9)2)15-14(19)16-5-6-20-8-11(16)7-13(17)18/h9-12H,3-8H2,1-2H3,(H,15,19)(H,17,18). The largest absolute Gasteiger partial charge is 0.481 e. The number of ether oxygens (including phenoxy) is 1. The molecule has 6 heteroatoms. The van der Waals surface area contributed by atoms with E-state index in [2.05, 4.69) is 19.2 Å². The van der Waals surface area contributed by atoms with Gasteiger partial charge >= 0.3 is 12.0 Å². The Labute approximate surface area is 119 Å². The van der Waals surface area contributed by atoms with E-state index in [4.69, 9.17) is 9.84 Å². The predicted octanol–water partition coefficient (Wildman–Crippen LogP) is 1.31. The van der Waals surface area contributed by atoms with E-state index in [1.807, 2.05) is 0 Å². The van der Waals surface area contributed by atoms with Gasteiger partial charge < -0.3 is 20.1 Å². The van der Waals surface area contributed by atoms with Crippen molar-refractivity contribution in [2.24, 2.45) is 11.8 Å². The minimum Gasteiger partial charge on any atom is -0.481 e. The summed E-state index contributed by atoms with van der Waals surface area (Å²) in [7, 11) is 0. The zero-order chi connectivity index (χ0) is 14.7. The Morgan fingerprint density at radius 1 is 1.35 bits per heavy atom. The van der Waals surface area contributed by atoms with Crippen molar-refractivity contribution in [2.75, 3.05) is 19.8 Å². The van der Waals surface area contributed by atoms with Crippen LogP contribution in [0.4, 0.5) is 4.79 Å². The van der Waals surface area contributed by atoms with Crippen LogP contribution in [-0.4, -0.2) is 53.8 Å². The highest BCUT2D eigenvalue weighted by Crippen LogP contribution is 2.31. The van der Waals surface area contributed by atoms with E-state index >= 15 is 0 Å². The van der Waals surface area contributed by atoms with Crippen LogP contribution in [0.2, 0.25) is 0 Å². The lowest BCUT2D eigenvalue weighted by Crippen LogP contribution is -2.55. The van der Waals surface area contributed by atoms with Crippen LogP contribution in [-0.2, 0) is 9.53 Å². The van der Waals surface area contributed by atoms with E-state index < -0.39 is 5.97 Å². The molecule has 1 saturated heterocycles. The van der Waals surface area contributed by atoms with E-state index in [9.17, 15) is 9.59 Å². The quantitative estimate of drug-likeness (QED) is 0.819. The molecule has 2 N–H and O–H groups in total. The van der Waals surface area contributed by atoms with Crippen LogP contribution in [0.3, 0.4) is 0 Å². The average molecular weight is 284 g/mol. The van der Waals surface area contributed by atoms with E-state index in [0.29, 0.717) is 31.6 Å². The molecule has 2 aliphatic rings. The molecule has 0 aromatic rings. The van der Waals surface area contributed by atoms with Crippen molar-refractivity contribution < 1.29 is 19.4 Å². The molecule has 0 bridgehead atoms. The molecule has 0 spiro atoms. The Bertz CT molecular complexity index is 374. The Kier molecular flexibility index (Phi) is 4.86. The normalized spacial score (nSPS) is 34.0. The van der Waals surface area contributed by atoms with Crippen molar-refractivity contribution in [1.29, 1.82) is 0 Å². The fraction of sp³-hybridized carbons (Fsp3) is 0.857. The van der Waals surface area contributed by atoms with Gasteiger partial charge in [-0.05, 0) is 24.7 Å². The lowest BCUT2D eigenvalue weighted by Gasteiger charge is -2.36. The number of urea groups is 1. The van der Waals surface area contributed by atoms with Crippen molar-refractivity contribution in [3.63, 3.8) is 0 Å². The SMILES string of the molecule is CC1CCC(NC(=O)N2CCOCC2CC(=O)O)C1C. The molecular formula is C14H24N2O4. The third kappa shape index (κ3) is 3.42. The average Bonchev–Trinajstić information content (AvgIpc) is 2.70. The maximum atomic E-state index is 12.4. The van der Waals surface area contributed by atoms with Crippen molar-refractivity contribution in [1.82, 2.24) is 10.2 Å². The molecule has 0 aromatic carbocycles. The van der Waals surface area contributed by atoms with Gasteiger partial charge in [0, 0.05) is 12.6 Å². The predicted molar refractivity (Wildman–Crippen MR) is 73.4 cm³/mol. The molecule has 2 amide bonds. The third-order valence-corrected chi connectivity index (χ3v) is 4.67. The summed E-state index contributed by atoms with van der Waals surface area (Å²) in [4.78, 5) is 24.8. The Hall–Kier alpha value is -1.30. The highest BCUT2D eigenvalue weighted by atomic mass is 16.5. The number of nitrogens with one attached hydrogen (secondary N) is 1. The fourth-order valence-electron chi connectivity index (χ4n) is 3.10. The first kappa shape index (κ1) is 15.1. The van der Waals surface area contributed by atoms with Gasteiger partial charge in [0.2, 0.25) is 0 Å². The summed E-state index contributed by atoms with van der Waals surface area (Å²) in [5.41, 5.74) is 0. The lowest BCUT2D eigenvalue weighted by atomic mass is 9.98. The Morgan fingerprint density at radius 3 is 2.70 bits per heavy atom. The number of nitrogens with zero attached hydrogens (tertiary/aromatic N) is 1. The number of amides is 2. The smallest absolute Gasteiger partial charge is 0.318 e. The number of carbonyl (C=O) groups is 2. The molecule has 0 radical (unpaired) electrons. The summed E-state index contributed by atoms with van der Waals surface area (Å²) < 4.78 is 5.29. The number of rotatable bonds is 3. The van der Waals surface area contributed by atoms with Crippen LogP contribution >= 0.6 is 0 Å². The molecule has 1 saturated carbocycles. The first-order chi connectivity index (χ1) is 9.49. The maximum absolute atomic E-state index is 12.4. The molecule has 20 heavy (non-hydrogen) atoms. The fourth-order valence-corrected chi connectivity index (χ4v) is 3.10. The van der Waals surface area contributed by atoms with Crippen molar-refractivity contribution in [3.05, 3.63) is 0 Å². The van der Waals surface area contributed by atoms with Crippen LogP contribution in [0.15, 0.2) is 0 Å². The number of morpholine rings is 1. The molecule has 114 valence electrons. The first-order valence-corrected chi connectivity index (χ1v) is 7.35. The number of carboxylic acids is 1. The molecular weight excluding hydrogens is 260 g/mol. The van der Waals surface area contributed by atoms with Gasteiger partial charge in [-0.25, -0.2) is 4.79 Å². The number of hydrogen-bond acceptors (Lipinski definition) is 3. The van der Waals surface area contributed by atoms with Crippen LogP contribution < -0.4 is 5.32 Å². The molecule has 4 unspecified atom stereocenters. The first-order valence-electron chi connectivity index (χ1n) is 7.35. The molecule has 1 aliphatic carbocycles. The third-order valence-electron chi connectivity index (χ3n) is 4.67.